The van der Waals surface area contributed by atoms with Crippen LogP contribution in [0.15, 0.2) is 0 Å². The Kier molecular flexibility index (Phi) is 5.58. The number of ether oxygens (including phenoxy) is 1. The van der Waals surface area contributed by atoms with E-state index in [2.05, 4.69) is 25.6 Å². The van der Waals surface area contributed by atoms with E-state index in [9.17, 15) is 13.2 Å². The second kappa shape index (κ2) is 6.95. The molecule has 0 aliphatic carbocycles. The van der Waals surface area contributed by atoms with Crippen LogP contribution >= 0.6 is 0 Å². The van der Waals surface area contributed by atoms with E-state index in [1.807, 2.05) is 6.92 Å². The first-order valence-corrected chi connectivity index (χ1v) is 5.88. The van der Waals surface area contributed by atoms with Crippen LogP contribution < -0.4 is 15.4 Å². The van der Waals surface area contributed by atoms with Crippen LogP contribution in [0, 0.1) is 0 Å². The minimum atomic E-state index is -4.22. The number of hydrogen-bond donors (Lipinski definition) is 2. The van der Waals surface area contributed by atoms with Gasteiger partial charge in [-0.2, -0.15) is 28.1 Å². The number of halogens is 3. The van der Waals surface area contributed by atoms with E-state index in [4.69, 9.17) is 4.74 Å². The minimum absolute atomic E-state index is 0.0543. The van der Waals surface area contributed by atoms with Crippen molar-refractivity contribution in [3.63, 3.8) is 0 Å². The molecule has 0 atom stereocenters. The number of alkyl halides is 3. The Morgan fingerprint density at radius 2 is 1.68 bits per heavy atom. The molecule has 0 aliphatic heterocycles. The fourth-order valence-corrected chi connectivity index (χ4v) is 1.18. The molecule has 0 spiro atoms. The summed E-state index contributed by atoms with van der Waals surface area (Å²) in [4.78, 5) is 11.7. The highest BCUT2D eigenvalue weighted by atomic mass is 19.4. The number of hydrogen-bond acceptors (Lipinski definition) is 6. The van der Waals surface area contributed by atoms with Gasteiger partial charge in [-0.05, 0) is 13.8 Å². The second-order valence-electron chi connectivity index (χ2n) is 3.52. The Morgan fingerprint density at radius 1 is 1.05 bits per heavy atom. The summed E-state index contributed by atoms with van der Waals surface area (Å²) >= 11 is 0. The zero-order valence-corrected chi connectivity index (χ0v) is 10.7. The maximum atomic E-state index is 12.0. The van der Waals surface area contributed by atoms with Gasteiger partial charge < -0.3 is 15.4 Å². The van der Waals surface area contributed by atoms with E-state index in [0.717, 1.165) is 0 Å². The van der Waals surface area contributed by atoms with Gasteiger partial charge in [0, 0.05) is 13.1 Å². The standard InChI is InChI=1S/C10H16F3N5O/c1-3-14-7-16-8(15-6-5-10(11,12)13)18-9(17-7)19-4-2/h3-6H2,1-2H3,(H2,14,15,16,17,18). The van der Waals surface area contributed by atoms with Crippen LogP contribution in [0.2, 0.25) is 0 Å². The fourth-order valence-electron chi connectivity index (χ4n) is 1.18. The Bertz CT molecular complexity index is 375. The van der Waals surface area contributed by atoms with Crippen molar-refractivity contribution in [1.82, 2.24) is 15.0 Å². The third-order valence-electron chi connectivity index (χ3n) is 1.91. The Labute approximate surface area is 108 Å². The van der Waals surface area contributed by atoms with Crippen molar-refractivity contribution in [2.75, 3.05) is 30.3 Å². The molecule has 9 heteroatoms. The highest BCUT2D eigenvalue weighted by Crippen LogP contribution is 2.19. The van der Waals surface area contributed by atoms with Crippen molar-refractivity contribution in [3.8, 4) is 6.01 Å². The molecule has 2 N–H and O–H groups in total. The third kappa shape index (κ3) is 6.07. The molecule has 0 aliphatic rings. The van der Waals surface area contributed by atoms with Crippen LogP contribution in [0.3, 0.4) is 0 Å². The highest BCUT2D eigenvalue weighted by molar-refractivity contribution is 5.35. The first-order valence-electron chi connectivity index (χ1n) is 5.88. The highest BCUT2D eigenvalue weighted by Gasteiger charge is 2.26. The van der Waals surface area contributed by atoms with E-state index in [1.54, 1.807) is 6.92 Å². The first-order chi connectivity index (χ1) is 8.94. The summed E-state index contributed by atoms with van der Waals surface area (Å²) in [6, 6.07) is 0.0722. The molecule has 0 saturated heterocycles. The normalized spacial score (nSPS) is 11.2. The van der Waals surface area contributed by atoms with Crippen LogP contribution in [0.4, 0.5) is 25.1 Å². The summed E-state index contributed by atoms with van der Waals surface area (Å²) in [6.45, 7) is 4.24. The lowest BCUT2D eigenvalue weighted by Gasteiger charge is -2.10. The zero-order chi connectivity index (χ0) is 14.3. The second-order valence-corrected chi connectivity index (χ2v) is 3.52. The van der Waals surface area contributed by atoms with Crippen molar-refractivity contribution < 1.29 is 17.9 Å². The molecule has 0 bridgehead atoms. The van der Waals surface area contributed by atoms with Crippen molar-refractivity contribution in [2.24, 2.45) is 0 Å². The lowest BCUT2D eigenvalue weighted by molar-refractivity contribution is -0.131. The average Bonchev–Trinajstić information content (AvgIpc) is 2.28. The van der Waals surface area contributed by atoms with Gasteiger partial charge >= 0.3 is 12.2 Å². The Balaban J connectivity index is 2.69. The molecule has 0 aromatic carbocycles. The minimum Gasteiger partial charge on any atom is -0.464 e. The molecule has 1 heterocycles. The van der Waals surface area contributed by atoms with Gasteiger partial charge in [-0.3, -0.25) is 0 Å². The molecule has 1 rings (SSSR count). The van der Waals surface area contributed by atoms with Gasteiger partial charge in [-0.15, -0.1) is 0 Å². The summed E-state index contributed by atoms with van der Waals surface area (Å²) in [5.41, 5.74) is 0. The van der Waals surface area contributed by atoms with E-state index in [1.165, 1.54) is 0 Å². The van der Waals surface area contributed by atoms with Gasteiger partial charge in [0.05, 0.1) is 13.0 Å². The fraction of sp³-hybridized carbons (Fsp3) is 0.700. The van der Waals surface area contributed by atoms with Gasteiger partial charge in [-0.1, -0.05) is 0 Å². The van der Waals surface area contributed by atoms with Gasteiger partial charge in [0.25, 0.3) is 0 Å². The predicted molar refractivity (Wildman–Crippen MR) is 64.3 cm³/mol. The van der Waals surface area contributed by atoms with Crippen molar-refractivity contribution in [3.05, 3.63) is 0 Å². The first kappa shape index (κ1) is 15.3. The molecule has 19 heavy (non-hydrogen) atoms. The van der Waals surface area contributed by atoms with E-state index >= 15 is 0 Å². The number of rotatable bonds is 7. The molecule has 0 amide bonds. The summed E-state index contributed by atoms with van der Waals surface area (Å²) < 4.78 is 41.2. The van der Waals surface area contributed by atoms with Crippen LogP contribution in [0.25, 0.3) is 0 Å². The van der Waals surface area contributed by atoms with E-state index < -0.39 is 12.6 Å². The summed E-state index contributed by atoms with van der Waals surface area (Å²) in [5.74, 6) is 0.314. The number of anilines is 2. The van der Waals surface area contributed by atoms with Gasteiger partial charge in [0.15, 0.2) is 0 Å². The van der Waals surface area contributed by atoms with Gasteiger partial charge in [0.2, 0.25) is 11.9 Å². The van der Waals surface area contributed by atoms with Crippen LogP contribution in [-0.2, 0) is 0 Å². The predicted octanol–water partition coefficient (Wildman–Crippen LogP) is 2.07. The van der Waals surface area contributed by atoms with Crippen molar-refractivity contribution in [1.29, 1.82) is 0 Å². The lowest BCUT2D eigenvalue weighted by atomic mass is 10.4. The van der Waals surface area contributed by atoms with Crippen LogP contribution in [-0.4, -0.2) is 40.8 Å². The zero-order valence-electron chi connectivity index (χ0n) is 10.7. The van der Waals surface area contributed by atoms with Crippen molar-refractivity contribution >= 4 is 11.9 Å². The van der Waals surface area contributed by atoms with E-state index in [0.29, 0.717) is 13.2 Å². The molecule has 1 aromatic rings. The van der Waals surface area contributed by atoms with Gasteiger partial charge in [0.1, 0.15) is 0 Å². The molecule has 108 valence electrons. The average molecular weight is 279 g/mol. The molecule has 0 radical (unpaired) electrons. The molecule has 6 nitrogen and oxygen atoms in total. The molecule has 1 aromatic heterocycles. The number of nitrogens with zero attached hydrogens (tertiary/aromatic N) is 3. The number of nitrogens with one attached hydrogen (secondary N) is 2. The van der Waals surface area contributed by atoms with E-state index in [-0.39, 0.29) is 24.5 Å². The quantitative estimate of drug-likeness (QED) is 0.796. The molecule has 0 unspecified atom stereocenters. The monoisotopic (exact) mass is 279 g/mol. The maximum Gasteiger partial charge on any atom is 0.390 e. The molecule has 0 saturated carbocycles. The molecular weight excluding hydrogens is 263 g/mol. The molecule has 0 fully saturated rings. The van der Waals surface area contributed by atoms with Crippen LogP contribution in [0.1, 0.15) is 20.3 Å². The SMILES string of the molecule is CCNc1nc(NCCC(F)(F)F)nc(OCC)n1. The maximum absolute atomic E-state index is 12.0. The van der Waals surface area contributed by atoms with Gasteiger partial charge in [-0.25, -0.2) is 0 Å². The largest absolute Gasteiger partial charge is 0.464 e. The van der Waals surface area contributed by atoms with Crippen LogP contribution in [0.5, 0.6) is 6.01 Å². The Hall–Kier alpha value is -1.80. The number of aromatic nitrogens is 3. The topological polar surface area (TPSA) is 72.0 Å². The molecular formula is C10H16F3N5O. The smallest absolute Gasteiger partial charge is 0.390 e. The Morgan fingerprint density at radius 3 is 2.21 bits per heavy atom. The third-order valence-corrected chi connectivity index (χ3v) is 1.91. The summed E-state index contributed by atoms with van der Waals surface area (Å²) in [7, 11) is 0. The summed E-state index contributed by atoms with van der Waals surface area (Å²) in [6.07, 6.45) is -5.17. The van der Waals surface area contributed by atoms with Crippen molar-refractivity contribution in [2.45, 2.75) is 26.4 Å². The summed E-state index contributed by atoms with van der Waals surface area (Å²) in [5, 5.41) is 5.35. The lowest BCUT2D eigenvalue weighted by Crippen LogP contribution is -2.17.